The van der Waals surface area contributed by atoms with Crippen LogP contribution in [-0.2, 0) is 4.74 Å². The van der Waals surface area contributed by atoms with Crippen molar-refractivity contribution in [3.63, 3.8) is 0 Å². The molecule has 5 heteroatoms. The first-order valence-electron chi connectivity index (χ1n) is 5.96. The van der Waals surface area contributed by atoms with E-state index in [-0.39, 0.29) is 6.04 Å². The fourth-order valence-corrected chi connectivity index (χ4v) is 2.10. The first-order valence-corrected chi connectivity index (χ1v) is 5.96. The lowest BCUT2D eigenvalue weighted by molar-refractivity contribution is 0.100. The second-order valence-electron chi connectivity index (χ2n) is 4.20. The number of nitrogens with zero attached hydrogens (tertiary/aromatic N) is 1. The number of hydrogen-bond acceptors (Lipinski definition) is 4. The summed E-state index contributed by atoms with van der Waals surface area (Å²) in [6.45, 7) is 5.30. The number of para-hydroxylation sites is 1. The van der Waals surface area contributed by atoms with Crippen LogP contribution < -0.4 is 16.4 Å². The number of anilines is 2. The van der Waals surface area contributed by atoms with Gasteiger partial charge in [0.1, 0.15) is 0 Å². The van der Waals surface area contributed by atoms with Crippen LogP contribution in [0.4, 0.5) is 11.4 Å². The Kier molecular flexibility index (Phi) is 4.97. The summed E-state index contributed by atoms with van der Waals surface area (Å²) in [4.78, 5) is 13.5. The van der Waals surface area contributed by atoms with Crippen LogP contribution in [0.2, 0.25) is 0 Å². The van der Waals surface area contributed by atoms with Crippen LogP contribution in [0, 0.1) is 0 Å². The highest BCUT2D eigenvalue weighted by Crippen LogP contribution is 2.29. The standard InChI is InChI=1S/C13H21N3O2/c1-4-16(9(2)8-18-3)12-10(13(15)17)6-5-7-11(12)14/h5-7,9H,4,8,14H2,1-3H3,(H2,15,17). The number of benzene rings is 1. The van der Waals surface area contributed by atoms with E-state index in [0.717, 1.165) is 6.54 Å². The molecule has 0 aromatic heterocycles. The highest BCUT2D eigenvalue weighted by atomic mass is 16.5. The molecule has 1 atom stereocenters. The molecule has 100 valence electrons. The maximum Gasteiger partial charge on any atom is 0.250 e. The quantitative estimate of drug-likeness (QED) is 0.745. The van der Waals surface area contributed by atoms with Gasteiger partial charge in [-0.1, -0.05) is 6.07 Å². The minimum atomic E-state index is -0.472. The van der Waals surface area contributed by atoms with Crippen molar-refractivity contribution < 1.29 is 9.53 Å². The first kappa shape index (κ1) is 14.3. The Labute approximate surface area is 108 Å². The normalized spacial score (nSPS) is 12.2. The zero-order valence-electron chi connectivity index (χ0n) is 11.1. The Morgan fingerprint density at radius 3 is 2.67 bits per heavy atom. The number of methoxy groups -OCH3 is 1. The van der Waals surface area contributed by atoms with Crippen LogP contribution in [0.1, 0.15) is 24.2 Å². The minimum absolute atomic E-state index is 0.114. The lowest BCUT2D eigenvalue weighted by atomic mass is 10.1. The van der Waals surface area contributed by atoms with Gasteiger partial charge in [-0.25, -0.2) is 0 Å². The molecule has 0 aliphatic heterocycles. The molecule has 0 fully saturated rings. The van der Waals surface area contributed by atoms with Crippen LogP contribution in [0.3, 0.4) is 0 Å². The van der Waals surface area contributed by atoms with Crippen molar-refractivity contribution >= 4 is 17.3 Å². The Bertz CT molecular complexity index is 421. The molecule has 0 saturated carbocycles. The van der Waals surface area contributed by atoms with Crippen LogP contribution in [0.5, 0.6) is 0 Å². The van der Waals surface area contributed by atoms with Crippen molar-refractivity contribution in [3.05, 3.63) is 23.8 Å². The summed E-state index contributed by atoms with van der Waals surface area (Å²) in [6, 6.07) is 5.30. The Morgan fingerprint density at radius 2 is 2.17 bits per heavy atom. The van der Waals surface area contributed by atoms with E-state index in [9.17, 15) is 4.79 Å². The van der Waals surface area contributed by atoms with Gasteiger partial charge in [0.25, 0.3) is 5.91 Å². The molecule has 1 unspecified atom stereocenters. The molecular weight excluding hydrogens is 230 g/mol. The third-order valence-corrected chi connectivity index (χ3v) is 2.90. The predicted molar refractivity (Wildman–Crippen MR) is 73.7 cm³/mol. The van der Waals surface area contributed by atoms with Crippen LogP contribution in [0.25, 0.3) is 0 Å². The molecular formula is C13H21N3O2. The number of primary amides is 1. The third-order valence-electron chi connectivity index (χ3n) is 2.90. The predicted octanol–water partition coefficient (Wildman–Crippen LogP) is 1.23. The van der Waals surface area contributed by atoms with E-state index >= 15 is 0 Å². The second kappa shape index (κ2) is 6.26. The van der Waals surface area contributed by atoms with Crippen molar-refractivity contribution in [1.29, 1.82) is 0 Å². The van der Waals surface area contributed by atoms with Crippen molar-refractivity contribution in [3.8, 4) is 0 Å². The maximum atomic E-state index is 11.5. The van der Waals surface area contributed by atoms with Gasteiger partial charge in [-0.05, 0) is 26.0 Å². The lowest BCUT2D eigenvalue weighted by Crippen LogP contribution is -2.38. The van der Waals surface area contributed by atoms with E-state index in [2.05, 4.69) is 0 Å². The summed E-state index contributed by atoms with van der Waals surface area (Å²) in [7, 11) is 1.65. The van der Waals surface area contributed by atoms with E-state index in [1.165, 1.54) is 0 Å². The number of ether oxygens (including phenoxy) is 1. The van der Waals surface area contributed by atoms with Crippen LogP contribution in [-0.4, -0.2) is 32.2 Å². The lowest BCUT2D eigenvalue weighted by Gasteiger charge is -2.32. The van der Waals surface area contributed by atoms with Crippen molar-refractivity contribution in [2.75, 3.05) is 30.9 Å². The molecule has 18 heavy (non-hydrogen) atoms. The highest BCUT2D eigenvalue weighted by Gasteiger charge is 2.20. The average molecular weight is 251 g/mol. The fraction of sp³-hybridized carbons (Fsp3) is 0.462. The summed E-state index contributed by atoms with van der Waals surface area (Å²) in [5, 5.41) is 0. The first-order chi connectivity index (χ1) is 8.52. The molecule has 4 N–H and O–H groups in total. The molecule has 5 nitrogen and oxygen atoms in total. The van der Waals surface area contributed by atoms with E-state index in [4.69, 9.17) is 16.2 Å². The monoisotopic (exact) mass is 251 g/mol. The van der Waals surface area contributed by atoms with Crippen molar-refractivity contribution in [2.45, 2.75) is 19.9 Å². The number of hydrogen-bond donors (Lipinski definition) is 2. The van der Waals surface area contributed by atoms with Crippen molar-refractivity contribution in [2.24, 2.45) is 5.73 Å². The third kappa shape index (κ3) is 2.92. The molecule has 1 aromatic carbocycles. The molecule has 0 aliphatic rings. The number of likely N-dealkylation sites (N-methyl/N-ethyl adjacent to an activating group) is 1. The SMILES string of the molecule is CCN(c1c(N)cccc1C(N)=O)C(C)COC. The van der Waals surface area contributed by atoms with Gasteiger partial charge >= 0.3 is 0 Å². The van der Waals surface area contributed by atoms with Gasteiger partial charge < -0.3 is 21.1 Å². The zero-order chi connectivity index (χ0) is 13.7. The molecule has 0 aliphatic carbocycles. The van der Waals surface area contributed by atoms with Gasteiger partial charge in [-0.3, -0.25) is 4.79 Å². The van der Waals surface area contributed by atoms with Gasteiger partial charge in [0.15, 0.2) is 0 Å². The number of nitrogen functional groups attached to an aromatic ring is 1. The largest absolute Gasteiger partial charge is 0.397 e. The van der Waals surface area contributed by atoms with Crippen molar-refractivity contribution in [1.82, 2.24) is 0 Å². The molecule has 0 heterocycles. The smallest absolute Gasteiger partial charge is 0.250 e. The highest BCUT2D eigenvalue weighted by molar-refractivity contribution is 6.01. The van der Waals surface area contributed by atoms with Gasteiger partial charge in [0, 0.05) is 19.7 Å². The molecule has 1 aromatic rings. The summed E-state index contributed by atoms with van der Waals surface area (Å²) < 4.78 is 5.15. The second-order valence-corrected chi connectivity index (χ2v) is 4.20. The summed E-state index contributed by atoms with van der Waals surface area (Å²) in [5.74, 6) is -0.472. The van der Waals surface area contributed by atoms with E-state index in [1.54, 1.807) is 25.3 Å². The van der Waals surface area contributed by atoms with Crippen LogP contribution >= 0.6 is 0 Å². The Morgan fingerprint density at radius 1 is 1.50 bits per heavy atom. The fourth-order valence-electron chi connectivity index (χ4n) is 2.10. The maximum absolute atomic E-state index is 11.5. The van der Waals surface area contributed by atoms with Gasteiger partial charge in [0.2, 0.25) is 0 Å². The van der Waals surface area contributed by atoms with E-state index < -0.39 is 5.91 Å². The van der Waals surface area contributed by atoms with E-state index in [1.807, 2.05) is 18.7 Å². The molecule has 0 saturated heterocycles. The number of carbonyl (C=O) groups is 1. The summed E-state index contributed by atoms with van der Waals surface area (Å²) >= 11 is 0. The molecule has 1 amide bonds. The van der Waals surface area contributed by atoms with Crippen LogP contribution in [0.15, 0.2) is 18.2 Å². The molecule has 0 spiro atoms. The Hall–Kier alpha value is -1.75. The molecule has 0 bridgehead atoms. The number of nitrogens with two attached hydrogens (primary N) is 2. The molecule has 0 radical (unpaired) electrons. The topological polar surface area (TPSA) is 81.6 Å². The number of rotatable bonds is 6. The van der Waals surface area contributed by atoms with Gasteiger partial charge in [-0.2, -0.15) is 0 Å². The summed E-state index contributed by atoms with van der Waals surface area (Å²) in [6.07, 6.45) is 0. The zero-order valence-corrected chi connectivity index (χ0v) is 11.1. The van der Waals surface area contributed by atoms with Gasteiger partial charge in [0.05, 0.1) is 23.5 Å². The Balaban J connectivity index is 3.23. The summed E-state index contributed by atoms with van der Waals surface area (Å²) in [5.41, 5.74) is 13.1. The minimum Gasteiger partial charge on any atom is -0.397 e. The van der Waals surface area contributed by atoms with Gasteiger partial charge in [-0.15, -0.1) is 0 Å². The van der Waals surface area contributed by atoms with E-state index in [0.29, 0.717) is 23.5 Å². The molecule has 1 rings (SSSR count). The number of carbonyl (C=O) groups excluding carboxylic acids is 1. The number of amides is 1. The average Bonchev–Trinajstić information content (AvgIpc) is 2.32.